The van der Waals surface area contributed by atoms with E-state index < -0.39 is 10.7 Å². The fourth-order valence-corrected chi connectivity index (χ4v) is 2.24. The summed E-state index contributed by atoms with van der Waals surface area (Å²) in [5.74, 6) is -0.414. The third-order valence-corrected chi connectivity index (χ3v) is 3.38. The number of nitro benzene ring substituents is 1. The van der Waals surface area contributed by atoms with Gasteiger partial charge in [-0.3, -0.25) is 10.1 Å². The van der Waals surface area contributed by atoms with Crippen LogP contribution in [0.25, 0.3) is 0 Å². The van der Waals surface area contributed by atoms with E-state index in [1.807, 2.05) is 6.92 Å². The first-order valence-corrected chi connectivity index (χ1v) is 6.85. The molecule has 21 heavy (non-hydrogen) atoms. The minimum Gasteiger partial charge on any atom is -0.376 e. The van der Waals surface area contributed by atoms with Crippen LogP contribution in [0.1, 0.15) is 24.9 Å². The summed E-state index contributed by atoms with van der Waals surface area (Å²) < 4.78 is 13.8. The van der Waals surface area contributed by atoms with E-state index in [4.69, 9.17) is 11.6 Å². The summed E-state index contributed by atoms with van der Waals surface area (Å²) in [6, 6.07) is 10.3. The van der Waals surface area contributed by atoms with E-state index in [1.54, 1.807) is 12.1 Å². The van der Waals surface area contributed by atoms with Crippen molar-refractivity contribution in [1.82, 2.24) is 0 Å². The van der Waals surface area contributed by atoms with Gasteiger partial charge in [-0.15, -0.1) is 0 Å². The van der Waals surface area contributed by atoms with Gasteiger partial charge in [0, 0.05) is 17.2 Å². The molecule has 0 fully saturated rings. The molecule has 2 aromatic rings. The summed E-state index contributed by atoms with van der Waals surface area (Å²) in [5, 5.41) is 14.3. The van der Waals surface area contributed by atoms with Crippen molar-refractivity contribution in [3.8, 4) is 0 Å². The first kappa shape index (κ1) is 15.3. The van der Waals surface area contributed by atoms with Crippen molar-refractivity contribution in [2.75, 3.05) is 5.32 Å². The molecule has 2 aromatic carbocycles. The predicted molar refractivity (Wildman–Crippen MR) is 81.2 cm³/mol. The van der Waals surface area contributed by atoms with Crippen molar-refractivity contribution in [1.29, 1.82) is 0 Å². The lowest BCUT2D eigenvalue weighted by atomic mass is 10.0. The maximum atomic E-state index is 13.8. The maximum absolute atomic E-state index is 13.8. The van der Waals surface area contributed by atoms with E-state index >= 15 is 0 Å². The zero-order valence-corrected chi connectivity index (χ0v) is 12.1. The minimum absolute atomic E-state index is 0.0133. The molecule has 4 nitrogen and oxygen atoms in total. The first-order chi connectivity index (χ1) is 10.0. The Morgan fingerprint density at radius 3 is 2.76 bits per heavy atom. The summed E-state index contributed by atoms with van der Waals surface area (Å²) in [4.78, 5) is 10.4. The molecule has 0 amide bonds. The lowest BCUT2D eigenvalue weighted by Gasteiger charge is -2.19. The second-order valence-corrected chi connectivity index (χ2v) is 5.02. The number of nitrogens with one attached hydrogen (secondary N) is 1. The van der Waals surface area contributed by atoms with E-state index in [0.29, 0.717) is 11.4 Å². The Morgan fingerprint density at radius 2 is 2.10 bits per heavy atom. The third kappa shape index (κ3) is 3.70. The fourth-order valence-electron chi connectivity index (χ4n) is 2.07. The molecule has 0 aliphatic heterocycles. The Balaban J connectivity index is 2.29. The summed E-state index contributed by atoms with van der Waals surface area (Å²) >= 11 is 5.86. The molecule has 2 rings (SSSR count). The highest BCUT2D eigenvalue weighted by molar-refractivity contribution is 6.30. The van der Waals surface area contributed by atoms with Gasteiger partial charge in [0.25, 0.3) is 5.69 Å². The normalized spacial score (nSPS) is 12.0. The van der Waals surface area contributed by atoms with Crippen LogP contribution in [0.2, 0.25) is 5.02 Å². The Bertz CT molecular complexity index is 664. The van der Waals surface area contributed by atoms with Gasteiger partial charge in [-0.05, 0) is 30.2 Å². The van der Waals surface area contributed by atoms with Gasteiger partial charge in [0.2, 0.25) is 0 Å². The maximum Gasteiger partial charge on any atom is 0.269 e. The number of non-ortho nitro benzene ring substituents is 1. The van der Waals surface area contributed by atoms with E-state index in [1.165, 1.54) is 30.3 Å². The number of hydrogen-bond acceptors (Lipinski definition) is 3. The molecule has 0 aliphatic rings. The Kier molecular flexibility index (Phi) is 4.75. The number of nitrogens with zero attached hydrogens (tertiary/aromatic N) is 1. The smallest absolute Gasteiger partial charge is 0.269 e. The quantitative estimate of drug-likeness (QED) is 0.628. The molecule has 0 bridgehead atoms. The highest BCUT2D eigenvalue weighted by Crippen LogP contribution is 2.28. The van der Waals surface area contributed by atoms with Crippen molar-refractivity contribution in [3.05, 3.63) is 69.0 Å². The number of hydrogen-bond donors (Lipinski definition) is 1. The van der Waals surface area contributed by atoms with E-state index in [9.17, 15) is 14.5 Å². The molecule has 1 unspecified atom stereocenters. The molecule has 0 heterocycles. The molecule has 6 heteroatoms. The number of benzene rings is 2. The molecule has 0 spiro atoms. The van der Waals surface area contributed by atoms with Crippen LogP contribution in [0.4, 0.5) is 15.8 Å². The number of halogens is 2. The first-order valence-electron chi connectivity index (χ1n) is 6.47. The van der Waals surface area contributed by atoms with Crippen LogP contribution in [-0.2, 0) is 0 Å². The van der Waals surface area contributed by atoms with Crippen molar-refractivity contribution in [2.24, 2.45) is 0 Å². The van der Waals surface area contributed by atoms with Crippen LogP contribution in [0.5, 0.6) is 0 Å². The van der Waals surface area contributed by atoms with E-state index in [2.05, 4.69) is 5.32 Å². The van der Waals surface area contributed by atoms with Crippen molar-refractivity contribution >= 4 is 23.0 Å². The zero-order valence-electron chi connectivity index (χ0n) is 11.3. The Labute approximate surface area is 126 Å². The average Bonchev–Trinajstić information content (AvgIpc) is 2.48. The largest absolute Gasteiger partial charge is 0.376 e. The van der Waals surface area contributed by atoms with Gasteiger partial charge in [-0.1, -0.05) is 30.7 Å². The second kappa shape index (κ2) is 6.54. The van der Waals surface area contributed by atoms with Crippen LogP contribution in [0.15, 0.2) is 42.5 Å². The molecule has 0 aromatic heterocycles. The van der Waals surface area contributed by atoms with Gasteiger partial charge < -0.3 is 5.32 Å². The predicted octanol–water partition coefficient (Wildman–Crippen LogP) is 4.95. The lowest BCUT2D eigenvalue weighted by molar-refractivity contribution is -0.384. The minimum atomic E-state index is -0.448. The van der Waals surface area contributed by atoms with Crippen LogP contribution < -0.4 is 5.32 Å². The van der Waals surface area contributed by atoms with Gasteiger partial charge in [-0.25, -0.2) is 4.39 Å². The molecular weight excluding hydrogens is 295 g/mol. The topological polar surface area (TPSA) is 55.2 Å². The van der Waals surface area contributed by atoms with Gasteiger partial charge in [0.05, 0.1) is 16.7 Å². The van der Waals surface area contributed by atoms with Gasteiger partial charge in [0.1, 0.15) is 5.82 Å². The van der Waals surface area contributed by atoms with Crippen LogP contribution in [-0.4, -0.2) is 4.92 Å². The van der Waals surface area contributed by atoms with Gasteiger partial charge >= 0.3 is 0 Å². The molecule has 1 N–H and O–H groups in total. The fraction of sp³-hybridized carbons (Fsp3) is 0.200. The summed E-state index contributed by atoms with van der Waals surface area (Å²) in [6.45, 7) is 1.92. The Hall–Kier alpha value is -2.14. The SMILES string of the molecule is CCC(Nc1cc(Cl)ccc1F)c1cccc([N+](=O)[O-])c1. The number of rotatable bonds is 5. The third-order valence-electron chi connectivity index (χ3n) is 3.15. The van der Waals surface area contributed by atoms with Crippen LogP contribution in [0, 0.1) is 15.9 Å². The monoisotopic (exact) mass is 308 g/mol. The molecule has 0 aliphatic carbocycles. The molecule has 1 atom stereocenters. The number of nitro groups is 1. The standard InChI is InChI=1S/C15H14ClFN2O2/c1-2-14(10-4-3-5-12(8-10)19(20)21)18-15-9-11(16)6-7-13(15)17/h3-9,14,18H,2H2,1H3. The summed E-state index contributed by atoms with van der Waals surface area (Å²) in [7, 11) is 0. The van der Waals surface area contributed by atoms with Gasteiger partial charge in [0.15, 0.2) is 0 Å². The van der Waals surface area contributed by atoms with Crippen LogP contribution >= 0.6 is 11.6 Å². The summed E-state index contributed by atoms with van der Waals surface area (Å²) in [6.07, 6.45) is 0.646. The highest BCUT2D eigenvalue weighted by atomic mass is 35.5. The van der Waals surface area contributed by atoms with Crippen molar-refractivity contribution < 1.29 is 9.31 Å². The average molecular weight is 309 g/mol. The highest BCUT2D eigenvalue weighted by Gasteiger charge is 2.15. The van der Waals surface area contributed by atoms with E-state index in [-0.39, 0.29) is 17.4 Å². The second-order valence-electron chi connectivity index (χ2n) is 4.58. The van der Waals surface area contributed by atoms with E-state index in [0.717, 1.165) is 5.56 Å². The molecule has 0 saturated carbocycles. The van der Waals surface area contributed by atoms with Crippen molar-refractivity contribution in [2.45, 2.75) is 19.4 Å². The number of anilines is 1. The molecule has 0 radical (unpaired) electrons. The zero-order chi connectivity index (χ0) is 15.4. The van der Waals surface area contributed by atoms with Crippen LogP contribution in [0.3, 0.4) is 0 Å². The van der Waals surface area contributed by atoms with Gasteiger partial charge in [-0.2, -0.15) is 0 Å². The summed E-state index contributed by atoms with van der Waals surface area (Å²) in [5.41, 5.74) is 1.02. The lowest BCUT2D eigenvalue weighted by Crippen LogP contribution is -2.11. The van der Waals surface area contributed by atoms with Crippen molar-refractivity contribution in [3.63, 3.8) is 0 Å². The Morgan fingerprint density at radius 1 is 1.33 bits per heavy atom. The molecular formula is C15H14ClFN2O2. The molecule has 0 saturated heterocycles. The molecule has 110 valence electrons.